The van der Waals surface area contributed by atoms with Crippen molar-refractivity contribution in [2.75, 3.05) is 6.54 Å². The molecule has 4 rings (SSSR count). The second kappa shape index (κ2) is 4.73. The molecule has 0 saturated carbocycles. The number of amides is 1. The van der Waals surface area contributed by atoms with E-state index in [2.05, 4.69) is 9.97 Å². The van der Waals surface area contributed by atoms with Crippen LogP contribution in [0.15, 0.2) is 30.5 Å². The highest BCUT2D eigenvalue weighted by molar-refractivity contribution is 6.09. The van der Waals surface area contributed by atoms with Crippen molar-refractivity contribution < 1.29 is 22.6 Å². The van der Waals surface area contributed by atoms with Gasteiger partial charge in [0.15, 0.2) is 0 Å². The molecule has 22 heavy (non-hydrogen) atoms. The standard InChI is InChI=1S/C17H18N4O/c1-11-13(19-10-18-11)9-21-8-7-15-16(17(21)22)12-5-3-4-6-14(12)20(15)2/h3-6,10H,7-9H2,1-2H3,(H,18,19)/i1D3,2D3,3D,4D,5D,6D,9D2,10D. The molecule has 1 aliphatic heterocycles. The summed E-state index contributed by atoms with van der Waals surface area (Å²) in [6.45, 7) is -9.06. The molecule has 3 aromatic rings. The second-order valence-corrected chi connectivity index (χ2v) is 4.77. The minimum Gasteiger partial charge on any atom is -0.348 e. The first-order valence-electron chi connectivity index (χ1n) is 12.9. The van der Waals surface area contributed by atoms with E-state index in [1.807, 2.05) is 0 Å². The van der Waals surface area contributed by atoms with Crippen molar-refractivity contribution in [1.29, 1.82) is 0 Å². The van der Waals surface area contributed by atoms with Crippen LogP contribution in [0.2, 0.25) is 0 Å². The number of aromatic amines is 1. The van der Waals surface area contributed by atoms with Gasteiger partial charge in [-0.15, -0.1) is 0 Å². The van der Waals surface area contributed by atoms with E-state index < -0.39 is 85.7 Å². The number of nitrogens with zero attached hydrogens (tertiary/aromatic N) is 3. The van der Waals surface area contributed by atoms with Gasteiger partial charge in [0, 0.05) is 50.5 Å². The van der Waals surface area contributed by atoms with Crippen LogP contribution in [0.1, 0.15) is 45.3 Å². The molecular weight excluding hydrogens is 276 g/mol. The maximum absolute atomic E-state index is 13.6. The molecule has 0 atom stereocenters. The van der Waals surface area contributed by atoms with E-state index in [1.54, 1.807) is 0 Å². The Kier molecular flexibility index (Phi) is 1.13. The molecule has 3 heterocycles. The lowest BCUT2D eigenvalue weighted by molar-refractivity contribution is 0.0725. The summed E-state index contributed by atoms with van der Waals surface area (Å²) in [5.74, 6) is -1.10. The number of carbonyl (C=O) groups is 1. The molecule has 1 N–H and O–H groups in total. The molecule has 0 spiro atoms. The molecule has 0 unspecified atom stereocenters. The van der Waals surface area contributed by atoms with Gasteiger partial charge < -0.3 is 14.5 Å². The molecule has 112 valence electrons. The normalized spacial score (nSPS) is 25.0. The summed E-state index contributed by atoms with van der Waals surface area (Å²) in [7, 11) is 0. The zero-order chi connectivity index (χ0) is 26.4. The number of rotatable bonds is 2. The lowest BCUT2D eigenvalue weighted by atomic mass is 10.0. The summed E-state index contributed by atoms with van der Waals surface area (Å²) in [4.78, 5) is 20.1. The van der Waals surface area contributed by atoms with Gasteiger partial charge in [-0.3, -0.25) is 4.79 Å². The highest BCUT2D eigenvalue weighted by atomic mass is 16.2. The highest BCUT2D eigenvalue weighted by Gasteiger charge is 2.30. The van der Waals surface area contributed by atoms with E-state index in [4.69, 9.17) is 17.8 Å². The summed E-state index contributed by atoms with van der Waals surface area (Å²) >= 11 is 0. The molecule has 0 saturated heterocycles. The van der Waals surface area contributed by atoms with Gasteiger partial charge in [-0.1, -0.05) is 18.1 Å². The Morgan fingerprint density at radius 2 is 2.41 bits per heavy atom. The lowest BCUT2D eigenvalue weighted by Gasteiger charge is -2.27. The number of aromatic nitrogens is 3. The van der Waals surface area contributed by atoms with E-state index in [1.165, 1.54) is 0 Å². The van der Waals surface area contributed by atoms with Crippen LogP contribution in [0.5, 0.6) is 0 Å². The molecule has 5 nitrogen and oxygen atoms in total. The minimum atomic E-state index is -2.91. The number of benzene rings is 1. The maximum atomic E-state index is 13.6. The Balaban J connectivity index is 2.00. The number of imidazole rings is 1. The first-order chi connectivity index (χ1) is 15.9. The van der Waals surface area contributed by atoms with Gasteiger partial charge in [-0.05, 0) is 12.9 Å². The van der Waals surface area contributed by atoms with E-state index >= 15 is 0 Å². The van der Waals surface area contributed by atoms with Crippen LogP contribution >= 0.6 is 0 Å². The molecular formula is C17H18N4O. The lowest BCUT2D eigenvalue weighted by Crippen LogP contribution is -2.37. The average molecular weight is 307 g/mol. The number of aryl methyl sites for hydroxylation is 2. The zero-order valence-corrected chi connectivity index (χ0v) is 11.2. The largest absolute Gasteiger partial charge is 0.348 e. The predicted molar refractivity (Wildman–Crippen MR) is 84.7 cm³/mol. The molecule has 0 fully saturated rings. The molecule has 2 aromatic heterocycles. The first-order valence-corrected chi connectivity index (χ1v) is 6.44. The Morgan fingerprint density at radius 3 is 3.27 bits per heavy atom. The van der Waals surface area contributed by atoms with Crippen molar-refractivity contribution in [2.24, 2.45) is 6.98 Å². The molecule has 1 aliphatic rings. The van der Waals surface area contributed by atoms with Gasteiger partial charge in [0.25, 0.3) is 5.91 Å². The van der Waals surface area contributed by atoms with Gasteiger partial charge in [0.05, 0.1) is 32.3 Å². The summed E-state index contributed by atoms with van der Waals surface area (Å²) in [6.07, 6.45) is -0.873. The van der Waals surface area contributed by atoms with Crippen LogP contribution in [0.4, 0.5) is 0 Å². The van der Waals surface area contributed by atoms with E-state index in [0.717, 1.165) is 0 Å². The Labute approximate surface area is 146 Å². The third-order valence-corrected chi connectivity index (χ3v) is 3.56. The third kappa shape index (κ3) is 1.78. The zero-order valence-electron chi connectivity index (χ0n) is 24.2. The molecule has 0 bridgehead atoms. The topological polar surface area (TPSA) is 53.9 Å². The van der Waals surface area contributed by atoms with Crippen LogP contribution in [-0.4, -0.2) is 31.9 Å². The van der Waals surface area contributed by atoms with Crippen molar-refractivity contribution in [2.45, 2.75) is 19.8 Å². The van der Waals surface area contributed by atoms with E-state index in [-0.39, 0.29) is 17.5 Å². The van der Waals surface area contributed by atoms with Crippen LogP contribution in [-0.2, 0) is 19.9 Å². The number of H-pyrrole nitrogens is 1. The van der Waals surface area contributed by atoms with Gasteiger partial charge in [-0.25, -0.2) is 4.98 Å². The predicted octanol–water partition coefficient (Wildman–Crippen LogP) is 2.41. The van der Waals surface area contributed by atoms with Crippen molar-refractivity contribution >= 4 is 16.8 Å². The quantitative estimate of drug-likeness (QED) is 0.790. The minimum absolute atomic E-state index is 0.108. The van der Waals surface area contributed by atoms with Gasteiger partial charge in [0.1, 0.15) is 1.37 Å². The van der Waals surface area contributed by atoms with Crippen LogP contribution in [0.25, 0.3) is 10.9 Å². The van der Waals surface area contributed by atoms with Crippen molar-refractivity contribution in [3.05, 3.63) is 53.1 Å². The van der Waals surface area contributed by atoms with Gasteiger partial charge >= 0.3 is 0 Å². The van der Waals surface area contributed by atoms with Crippen LogP contribution in [0.3, 0.4) is 0 Å². The number of fused-ring (bicyclic) bond motifs is 3. The second-order valence-electron chi connectivity index (χ2n) is 4.77. The summed E-state index contributed by atoms with van der Waals surface area (Å²) in [5, 5.41) is -0.369. The van der Waals surface area contributed by atoms with Gasteiger partial charge in [-0.2, -0.15) is 0 Å². The number of para-hydroxylation sites is 1. The fraction of sp³-hybridized carbons (Fsp3) is 0.294. The highest BCUT2D eigenvalue weighted by Crippen LogP contribution is 2.30. The molecule has 1 amide bonds. The third-order valence-electron chi connectivity index (χ3n) is 3.56. The average Bonchev–Trinajstić information content (AvgIpc) is 3.30. The molecule has 1 aromatic carbocycles. The fourth-order valence-corrected chi connectivity index (χ4v) is 2.54. The Morgan fingerprint density at radius 1 is 1.50 bits per heavy atom. The summed E-state index contributed by atoms with van der Waals surface area (Å²) in [5.41, 5.74) is -2.30. The number of nitrogens with one attached hydrogen (secondary N) is 1. The number of carbonyl (C=O) groups excluding carboxylic acids is 1. The number of hydrogen-bond acceptors (Lipinski definition) is 2. The molecule has 5 heteroatoms. The van der Waals surface area contributed by atoms with Crippen LogP contribution < -0.4 is 0 Å². The molecule has 0 aliphatic carbocycles. The summed E-state index contributed by atoms with van der Waals surface area (Å²) < 4.78 is 105. The Bertz CT molecular complexity index is 1380. The van der Waals surface area contributed by atoms with Crippen molar-refractivity contribution in [3.8, 4) is 0 Å². The fourth-order valence-electron chi connectivity index (χ4n) is 2.54. The monoisotopic (exact) mass is 307 g/mol. The summed E-state index contributed by atoms with van der Waals surface area (Å²) in [6, 6.07) is -2.71. The first kappa shape index (κ1) is 5.26. The van der Waals surface area contributed by atoms with Crippen LogP contribution in [0, 0.1) is 6.85 Å². The Hall–Kier alpha value is -2.56. The van der Waals surface area contributed by atoms with Crippen molar-refractivity contribution in [1.82, 2.24) is 19.4 Å². The van der Waals surface area contributed by atoms with Crippen molar-refractivity contribution in [3.63, 3.8) is 0 Å². The smallest absolute Gasteiger partial charge is 0.256 e. The molecule has 0 radical (unpaired) electrons. The maximum Gasteiger partial charge on any atom is 0.256 e. The van der Waals surface area contributed by atoms with Gasteiger partial charge in [0.2, 0.25) is 0 Å². The van der Waals surface area contributed by atoms with E-state index in [0.29, 0.717) is 9.47 Å². The number of hydrogen-bond donors (Lipinski definition) is 1. The van der Waals surface area contributed by atoms with E-state index in [9.17, 15) is 4.79 Å². The SMILES string of the molecule is [2H]c1nc(C([2H])([2H])N2CCc3c(c4c([2H])c([2H])c([2H])c([2H])c4n3C([2H])([2H])[2H])C2=O)c(C([2H])([2H])[2H])[nH]1.